The normalized spacial score (nSPS) is 10.2. The molecule has 1 amide bonds. The van der Waals surface area contributed by atoms with Crippen LogP contribution in [0.4, 0.5) is 5.95 Å². The summed E-state index contributed by atoms with van der Waals surface area (Å²) in [6.45, 7) is 2.72. The minimum atomic E-state index is -0.301. The van der Waals surface area contributed by atoms with E-state index in [1.165, 1.54) is 6.33 Å². The van der Waals surface area contributed by atoms with E-state index in [9.17, 15) is 4.79 Å². The lowest BCUT2D eigenvalue weighted by Crippen LogP contribution is -2.13. The molecule has 112 valence electrons. The summed E-state index contributed by atoms with van der Waals surface area (Å²) < 4.78 is 10.9. The van der Waals surface area contributed by atoms with Gasteiger partial charge in [-0.2, -0.15) is 10.1 Å². The monoisotopic (exact) mass is 290 g/mol. The molecule has 0 spiro atoms. The number of aromatic amines is 1. The van der Waals surface area contributed by atoms with Gasteiger partial charge < -0.3 is 9.47 Å². The van der Waals surface area contributed by atoms with Gasteiger partial charge in [0.15, 0.2) is 11.5 Å². The average Bonchev–Trinajstić information content (AvgIpc) is 3.00. The second kappa shape index (κ2) is 7.28. The van der Waals surface area contributed by atoms with E-state index in [4.69, 9.17) is 9.47 Å². The van der Waals surface area contributed by atoms with E-state index in [1.54, 1.807) is 25.3 Å². The van der Waals surface area contributed by atoms with Crippen LogP contribution in [0.15, 0.2) is 24.5 Å². The van der Waals surface area contributed by atoms with Crippen molar-refractivity contribution in [1.82, 2.24) is 15.2 Å². The number of hydrogen-bond donors (Lipinski definition) is 2. The van der Waals surface area contributed by atoms with Crippen molar-refractivity contribution in [3.8, 4) is 11.5 Å². The smallest absolute Gasteiger partial charge is 0.258 e. The first-order valence-corrected chi connectivity index (χ1v) is 6.72. The van der Waals surface area contributed by atoms with Crippen LogP contribution in [-0.2, 0) is 0 Å². The van der Waals surface area contributed by atoms with Gasteiger partial charge in [-0.15, -0.1) is 0 Å². The van der Waals surface area contributed by atoms with Crippen LogP contribution in [0.3, 0.4) is 0 Å². The Labute approximate surface area is 122 Å². The van der Waals surface area contributed by atoms with Crippen molar-refractivity contribution in [2.75, 3.05) is 19.0 Å². The van der Waals surface area contributed by atoms with Gasteiger partial charge in [-0.3, -0.25) is 10.1 Å². The highest BCUT2D eigenvalue weighted by molar-refractivity contribution is 6.03. The van der Waals surface area contributed by atoms with Gasteiger partial charge in [0.25, 0.3) is 5.91 Å². The van der Waals surface area contributed by atoms with Crippen LogP contribution in [0.25, 0.3) is 0 Å². The minimum Gasteiger partial charge on any atom is -0.493 e. The number of carbonyl (C=O) groups is 1. The Morgan fingerprint density at radius 1 is 1.38 bits per heavy atom. The standard InChI is InChI=1S/C14H18N4O3/c1-3-4-7-21-11-6-5-10(8-12(11)20-2)13(19)17-14-15-9-16-18-14/h5-6,8-9H,3-4,7H2,1-2H3,(H2,15,16,17,18,19). The summed E-state index contributed by atoms with van der Waals surface area (Å²) in [5.74, 6) is 1.14. The molecule has 1 aromatic carbocycles. The maximum Gasteiger partial charge on any atom is 0.258 e. The fourth-order valence-corrected chi connectivity index (χ4v) is 1.70. The molecular formula is C14H18N4O3. The Balaban J connectivity index is 2.08. The number of rotatable bonds is 7. The first-order chi connectivity index (χ1) is 10.2. The molecule has 0 saturated carbocycles. The molecule has 21 heavy (non-hydrogen) atoms. The topological polar surface area (TPSA) is 89.1 Å². The van der Waals surface area contributed by atoms with E-state index in [0.29, 0.717) is 29.6 Å². The number of ether oxygens (including phenoxy) is 2. The number of nitrogens with zero attached hydrogens (tertiary/aromatic N) is 2. The Morgan fingerprint density at radius 2 is 2.24 bits per heavy atom. The highest BCUT2D eigenvalue weighted by Gasteiger charge is 2.12. The molecule has 0 bridgehead atoms. The van der Waals surface area contributed by atoms with Crippen LogP contribution >= 0.6 is 0 Å². The average molecular weight is 290 g/mol. The SMILES string of the molecule is CCCCOc1ccc(C(=O)Nc2ncn[nH]2)cc1OC. The molecule has 2 N–H and O–H groups in total. The number of methoxy groups -OCH3 is 1. The van der Waals surface area contributed by atoms with Gasteiger partial charge >= 0.3 is 0 Å². The molecule has 2 aromatic rings. The maximum absolute atomic E-state index is 12.1. The molecule has 0 unspecified atom stereocenters. The molecule has 7 nitrogen and oxygen atoms in total. The fourth-order valence-electron chi connectivity index (χ4n) is 1.70. The Morgan fingerprint density at radius 3 is 2.90 bits per heavy atom. The van der Waals surface area contributed by atoms with Gasteiger partial charge in [-0.25, -0.2) is 5.10 Å². The quantitative estimate of drug-likeness (QED) is 0.763. The maximum atomic E-state index is 12.1. The molecule has 0 radical (unpaired) electrons. The molecule has 1 heterocycles. The summed E-state index contributed by atoms with van der Waals surface area (Å²) in [5, 5.41) is 8.82. The molecular weight excluding hydrogens is 272 g/mol. The first kappa shape index (κ1) is 14.8. The lowest BCUT2D eigenvalue weighted by atomic mass is 10.2. The van der Waals surface area contributed by atoms with Crippen molar-refractivity contribution in [3.63, 3.8) is 0 Å². The third kappa shape index (κ3) is 3.95. The molecule has 2 rings (SSSR count). The molecule has 0 saturated heterocycles. The molecule has 7 heteroatoms. The zero-order valence-electron chi connectivity index (χ0n) is 12.0. The van der Waals surface area contributed by atoms with E-state index >= 15 is 0 Å². The number of nitrogens with one attached hydrogen (secondary N) is 2. The zero-order chi connectivity index (χ0) is 15.1. The first-order valence-electron chi connectivity index (χ1n) is 6.72. The summed E-state index contributed by atoms with van der Waals surface area (Å²) in [6, 6.07) is 5.03. The van der Waals surface area contributed by atoms with Gasteiger partial charge in [0.05, 0.1) is 13.7 Å². The van der Waals surface area contributed by atoms with Crippen molar-refractivity contribution in [2.45, 2.75) is 19.8 Å². The lowest BCUT2D eigenvalue weighted by Gasteiger charge is -2.11. The van der Waals surface area contributed by atoms with Gasteiger partial charge in [0, 0.05) is 5.56 Å². The second-order valence-electron chi connectivity index (χ2n) is 4.36. The van der Waals surface area contributed by atoms with Crippen LogP contribution in [0.5, 0.6) is 11.5 Å². The highest BCUT2D eigenvalue weighted by Crippen LogP contribution is 2.28. The number of benzene rings is 1. The second-order valence-corrected chi connectivity index (χ2v) is 4.36. The number of unbranched alkanes of at least 4 members (excludes halogenated alkanes) is 1. The minimum absolute atomic E-state index is 0.294. The van der Waals surface area contributed by atoms with Crippen molar-refractivity contribution in [1.29, 1.82) is 0 Å². The number of aromatic nitrogens is 3. The van der Waals surface area contributed by atoms with Crippen LogP contribution in [-0.4, -0.2) is 34.8 Å². The summed E-state index contributed by atoms with van der Waals surface area (Å²) >= 11 is 0. The Kier molecular flexibility index (Phi) is 5.14. The number of hydrogen-bond acceptors (Lipinski definition) is 5. The van der Waals surface area contributed by atoms with Crippen molar-refractivity contribution in [2.24, 2.45) is 0 Å². The zero-order valence-corrected chi connectivity index (χ0v) is 12.0. The van der Waals surface area contributed by atoms with E-state index < -0.39 is 0 Å². The van der Waals surface area contributed by atoms with E-state index in [2.05, 4.69) is 27.4 Å². The third-order valence-electron chi connectivity index (χ3n) is 2.83. The van der Waals surface area contributed by atoms with Gasteiger partial charge in [0.2, 0.25) is 5.95 Å². The summed E-state index contributed by atoms with van der Waals surface area (Å²) in [6.07, 6.45) is 3.34. The number of anilines is 1. The van der Waals surface area contributed by atoms with Crippen molar-refractivity contribution >= 4 is 11.9 Å². The van der Waals surface area contributed by atoms with E-state index in [-0.39, 0.29) is 5.91 Å². The summed E-state index contributed by atoms with van der Waals surface area (Å²) in [5.41, 5.74) is 0.450. The van der Waals surface area contributed by atoms with Gasteiger partial charge in [-0.05, 0) is 24.6 Å². The lowest BCUT2D eigenvalue weighted by molar-refractivity contribution is 0.102. The third-order valence-corrected chi connectivity index (χ3v) is 2.83. The molecule has 0 atom stereocenters. The van der Waals surface area contributed by atoms with Gasteiger partial charge in [-0.1, -0.05) is 13.3 Å². The predicted molar refractivity (Wildman–Crippen MR) is 77.7 cm³/mol. The molecule has 1 aromatic heterocycles. The van der Waals surface area contributed by atoms with Crippen LogP contribution in [0.1, 0.15) is 30.1 Å². The van der Waals surface area contributed by atoms with Crippen molar-refractivity contribution < 1.29 is 14.3 Å². The predicted octanol–water partition coefficient (Wildman–Crippen LogP) is 2.24. The number of amides is 1. The molecule has 0 aliphatic heterocycles. The summed E-state index contributed by atoms with van der Waals surface area (Å²) in [7, 11) is 1.54. The number of H-pyrrole nitrogens is 1. The van der Waals surface area contributed by atoms with E-state index in [0.717, 1.165) is 12.8 Å². The van der Waals surface area contributed by atoms with Crippen LogP contribution in [0, 0.1) is 0 Å². The molecule has 0 aliphatic rings. The van der Waals surface area contributed by atoms with Crippen LogP contribution in [0.2, 0.25) is 0 Å². The number of carbonyl (C=O) groups excluding carboxylic acids is 1. The van der Waals surface area contributed by atoms with Gasteiger partial charge in [0.1, 0.15) is 6.33 Å². The van der Waals surface area contributed by atoms with E-state index in [1.807, 2.05) is 0 Å². The Hall–Kier alpha value is -2.57. The fraction of sp³-hybridized carbons (Fsp3) is 0.357. The van der Waals surface area contributed by atoms with Crippen LogP contribution < -0.4 is 14.8 Å². The molecule has 0 aliphatic carbocycles. The highest BCUT2D eigenvalue weighted by atomic mass is 16.5. The largest absolute Gasteiger partial charge is 0.493 e. The molecule has 0 fully saturated rings. The Bertz CT molecular complexity index is 584. The summed E-state index contributed by atoms with van der Waals surface area (Å²) in [4.78, 5) is 15.9. The van der Waals surface area contributed by atoms with Crippen molar-refractivity contribution in [3.05, 3.63) is 30.1 Å².